The Morgan fingerprint density at radius 3 is 2.03 bits per heavy atom. The first kappa shape index (κ1) is 20.1. The number of esters is 1. The van der Waals surface area contributed by atoms with E-state index in [2.05, 4.69) is 4.74 Å². The molecule has 5 nitrogen and oxygen atoms in total. The second-order valence-corrected chi connectivity index (χ2v) is 6.44. The highest BCUT2D eigenvalue weighted by Crippen LogP contribution is 2.14. The fourth-order valence-corrected chi connectivity index (χ4v) is 2.90. The number of benzene rings is 3. The van der Waals surface area contributed by atoms with Crippen LogP contribution in [0, 0.1) is 0 Å². The molecule has 3 aromatic rings. The van der Waals surface area contributed by atoms with Gasteiger partial charge in [0.05, 0.1) is 19.2 Å². The Hall–Kier alpha value is -3.60. The summed E-state index contributed by atoms with van der Waals surface area (Å²) >= 11 is 0. The van der Waals surface area contributed by atoms with Crippen molar-refractivity contribution in [2.24, 2.45) is 0 Å². The van der Waals surface area contributed by atoms with Gasteiger partial charge in [0.25, 0.3) is 5.91 Å². The highest BCUT2D eigenvalue weighted by molar-refractivity contribution is 5.94. The minimum absolute atomic E-state index is 0.0425. The number of amides is 1. The number of hydrogen-bond donors (Lipinski definition) is 0. The largest absolute Gasteiger partial charge is 0.492 e. The van der Waals surface area contributed by atoms with Crippen LogP contribution in [0.1, 0.15) is 26.3 Å². The van der Waals surface area contributed by atoms with Crippen molar-refractivity contribution in [3.63, 3.8) is 0 Å². The van der Waals surface area contributed by atoms with Gasteiger partial charge >= 0.3 is 5.97 Å². The van der Waals surface area contributed by atoms with E-state index in [1.54, 1.807) is 29.2 Å². The van der Waals surface area contributed by atoms with Crippen LogP contribution in [0.15, 0.2) is 84.9 Å². The Kier molecular flexibility index (Phi) is 7.00. The number of hydrogen-bond acceptors (Lipinski definition) is 4. The molecule has 0 atom stereocenters. The lowest BCUT2D eigenvalue weighted by molar-refractivity contribution is 0.0600. The number of carbonyl (C=O) groups excluding carboxylic acids is 2. The molecule has 148 valence electrons. The summed E-state index contributed by atoms with van der Waals surface area (Å²) in [6, 6.07) is 25.8. The van der Waals surface area contributed by atoms with Gasteiger partial charge in [0.15, 0.2) is 0 Å². The molecule has 0 bridgehead atoms. The molecule has 1 amide bonds. The molecule has 0 saturated heterocycles. The van der Waals surface area contributed by atoms with Gasteiger partial charge in [0, 0.05) is 12.1 Å². The molecule has 0 fully saturated rings. The van der Waals surface area contributed by atoms with Crippen molar-refractivity contribution in [1.82, 2.24) is 4.90 Å². The van der Waals surface area contributed by atoms with Crippen LogP contribution in [0.25, 0.3) is 0 Å². The molecule has 0 aromatic heterocycles. The topological polar surface area (TPSA) is 55.8 Å². The average Bonchev–Trinajstić information content (AvgIpc) is 2.79. The molecule has 0 N–H and O–H groups in total. The van der Waals surface area contributed by atoms with Gasteiger partial charge in [-0.1, -0.05) is 48.5 Å². The third-order valence-electron chi connectivity index (χ3n) is 4.43. The van der Waals surface area contributed by atoms with E-state index in [1.807, 2.05) is 60.7 Å². The Balaban J connectivity index is 1.65. The predicted octanol–water partition coefficient (Wildman–Crippen LogP) is 4.19. The first-order valence-corrected chi connectivity index (χ1v) is 9.37. The van der Waals surface area contributed by atoms with Crippen molar-refractivity contribution in [2.45, 2.75) is 6.54 Å². The lowest BCUT2D eigenvalue weighted by Crippen LogP contribution is -2.34. The van der Waals surface area contributed by atoms with Gasteiger partial charge in [-0.3, -0.25) is 4.79 Å². The van der Waals surface area contributed by atoms with Gasteiger partial charge in [-0.2, -0.15) is 0 Å². The molecule has 29 heavy (non-hydrogen) atoms. The summed E-state index contributed by atoms with van der Waals surface area (Å²) in [4.78, 5) is 26.2. The van der Waals surface area contributed by atoms with Gasteiger partial charge in [-0.05, 0) is 42.0 Å². The van der Waals surface area contributed by atoms with Crippen LogP contribution in [-0.4, -0.2) is 37.0 Å². The monoisotopic (exact) mass is 389 g/mol. The smallest absolute Gasteiger partial charge is 0.337 e. The van der Waals surface area contributed by atoms with Crippen LogP contribution in [0.3, 0.4) is 0 Å². The standard InChI is InChI=1S/C24H23NO4/c1-28-24(27)21-12-14-22(15-13-21)29-17-16-25(18-19-8-4-2-5-9-19)23(26)20-10-6-3-7-11-20/h2-15H,16-18H2,1H3. The number of rotatable bonds is 8. The van der Waals surface area contributed by atoms with Gasteiger partial charge in [0.1, 0.15) is 12.4 Å². The normalized spacial score (nSPS) is 10.2. The van der Waals surface area contributed by atoms with E-state index >= 15 is 0 Å². The van der Waals surface area contributed by atoms with Gasteiger partial charge < -0.3 is 14.4 Å². The van der Waals surface area contributed by atoms with Crippen molar-refractivity contribution in [2.75, 3.05) is 20.3 Å². The molecular weight excluding hydrogens is 366 g/mol. The maximum absolute atomic E-state index is 13.0. The predicted molar refractivity (Wildman–Crippen MR) is 111 cm³/mol. The Morgan fingerprint density at radius 2 is 1.41 bits per heavy atom. The maximum Gasteiger partial charge on any atom is 0.337 e. The molecule has 0 aliphatic carbocycles. The zero-order valence-corrected chi connectivity index (χ0v) is 16.3. The molecule has 0 radical (unpaired) electrons. The zero-order chi connectivity index (χ0) is 20.5. The fourth-order valence-electron chi connectivity index (χ4n) is 2.90. The number of nitrogens with zero attached hydrogens (tertiary/aromatic N) is 1. The summed E-state index contributed by atoms with van der Waals surface area (Å²) in [6.45, 7) is 1.27. The SMILES string of the molecule is COC(=O)c1ccc(OCCN(Cc2ccccc2)C(=O)c2ccccc2)cc1. The van der Waals surface area contributed by atoms with E-state index in [0.29, 0.717) is 36.6 Å². The van der Waals surface area contributed by atoms with Crippen LogP contribution in [0.2, 0.25) is 0 Å². The highest BCUT2D eigenvalue weighted by atomic mass is 16.5. The van der Waals surface area contributed by atoms with Gasteiger partial charge in [0.2, 0.25) is 0 Å². The van der Waals surface area contributed by atoms with Crippen molar-refractivity contribution in [3.05, 3.63) is 102 Å². The van der Waals surface area contributed by atoms with Crippen LogP contribution in [0.4, 0.5) is 0 Å². The van der Waals surface area contributed by atoms with Crippen molar-refractivity contribution in [3.8, 4) is 5.75 Å². The number of carbonyl (C=O) groups is 2. The molecule has 0 aliphatic rings. The van der Waals surface area contributed by atoms with Crippen LogP contribution >= 0.6 is 0 Å². The first-order chi connectivity index (χ1) is 14.2. The quantitative estimate of drug-likeness (QED) is 0.542. The number of ether oxygens (including phenoxy) is 2. The molecule has 0 heterocycles. The van der Waals surface area contributed by atoms with Crippen molar-refractivity contribution >= 4 is 11.9 Å². The maximum atomic E-state index is 13.0. The summed E-state index contributed by atoms with van der Waals surface area (Å²) in [5.74, 6) is 0.197. The summed E-state index contributed by atoms with van der Waals surface area (Å²) < 4.78 is 10.5. The Morgan fingerprint density at radius 1 is 0.793 bits per heavy atom. The molecule has 0 spiro atoms. The highest BCUT2D eigenvalue weighted by Gasteiger charge is 2.16. The summed E-state index contributed by atoms with van der Waals surface area (Å²) in [7, 11) is 1.35. The summed E-state index contributed by atoms with van der Waals surface area (Å²) in [5, 5.41) is 0. The zero-order valence-electron chi connectivity index (χ0n) is 16.3. The van der Waals surface area contributed by atoms with Gasteiger partial charge in [-0.15, -0.1) is 0 Å². The second-order valence-electron chi connectivity index (χ2n) is 6.44. The summed E-state index contributed by atoms with van der Waals surface area (Å²) in [6.07, 6.45) is 0. The second kappa shape index (κ2) is 10.1. The third kappa shape index (κ3) is 5.69. The first-order valence-electron chi connectivity index (χ1n) is 9.37. The summed E-state index contributed by atoms with van der Waals surface area (Å²) in [5.41, 5.74) is 2.16. The van der Waals surface area contributed by atoms with E-state index in [-0.39, 0.29) is 11.9 Å². The molecule has 0 unspecified atom stereocenters. The van der Waals surface area contributed by atoms with Crippen molar-refractivity contribution < 1.29 is 19.1 Å². The van der Waals surface area contributed by atoms with Crippen molar-refractivity contribution in [1.29, 1.82) is 0 Å². The Bertz CT molecular complexity index is 924. The number of methoxy groups -OCH3 is 1. The van der Waals surface area contributed by atoms with E-state index < -0.39 is 0 Å². The van der Waals surface area contributed by atoms with Crippen LogP contribution in [0.5, 0.6) is 5.75 Å². The van der Waals surface area contributed by atoms with E-state index in [4.69, 9.17) is 4.74 Å². The van der Waals surface area contributed by atoms with E-state index in [1.165, 1.54) is 7.11 Å². The lowest BCUT2D eigenvalue weighted by atomic mass is 10.1. The van der Waals surface area contributed by atoms with Crippen LogP contribution < -0.4 is 4.74 Å². The molecule has 3 rings (SSSR count). The molecular formula is C24H23NO4. The van der Waals surface area contributed by atoms with Crippen LogP contribution in [-0.2, 0) is 11.3 Å². The fraction of sp³-hybridized carbons (Fsp3) is 0.167. The lowest BCUT2D eigenvalue weighted by Gasteiger charge is -2.23. The minimum Gasteiger partial charge on any atom is -0.492 e. The van der Waals surface area contributed by atoms with E-state index in [9.17, 15) is 9.59 Å². The third-order valence-corrected chi connectivity index (χ3v) is 4.43. The molecule has 0 aliphatic heterocycles. The van der Waals surface area contributed by atoms with E-state index in [0.717, 1.165) is 5.56 Å². The van der Waals surface area contributed by atoms with Gasteiger partial charge in [-0.25, -0.2) is 4.79 Å². The minimum atomic E-state index is -0.390. The Labute approximate surface area is 170 Å². The average molecular weight is 389 g/mol. The molecule has 5 heteroatoms. The molecule has 0 saturated carbocycles. The molecule has 3 aromatic carbocycles.